The maximum absolute atomic E-state index is 11.9. The van der Waals surface area contributed by atoms with Crippen LogP contribution in [0.3, 0.4) is 0 Å². The van der Waals surface area contributed by atoms with E-state index in [1.54, 1.807) is 12.3 Å². The molecule has 74 valence electrons. The number of benzene rings is 1. The highest BCUT2D eigenvalue weighted by atomic mass is 19.1. The maximum atomic E-state index is 11.9. The van der Waals surface area contributed by atoms with Gasteiger partial charge in [-0.1, -0.05) is 6.07 Å². The van der Waals surface area contributed by atoms with Crippen molar-refractivity contribution in [2.75, 3.05) is 5.73 Å². The molecule has 0 amide bonds. The lowest BCUT2D eigenvalue weighted by molar-refractivity contribution is 0.583. The van der Waals surface area contributed by atoms with Crippen molar-refractivity contribution < 1.29 is 8.78 Å². The third kappa shape index (κ3) is 3.66. The largest absolute Gasteiger partial charge is 0.384 e. The van der Waals surface area contributed by atoms with Crippen LogP contribution >= 0.6 is 0 Å². The van der Waals surface area contributed by atoms with Crippen molar-refractivity contribution in [1.82, 2.24) is 10.2 Å². The van der Waals surface area contributed by atoms with Crippen molar-refractivity contribution in [3.63, 3.8) is 0 Å². The number of H-pyrrole nitrogens is 1. The fraction of sp³-hybridized carbons (Fsp3) is 0. The third-order valence-electron chi connectivity index (χ3n) is 1.31. The van der Waals surface area contributed by atoms with E-state index in [9.17, 15) is 8.78 Å². The van der Waals surface area contributed by atoms with Gasteiger partial charge in [0.1, 0.15) is 17.5 Å². The van der Waals surface area contributed by atoms with Crippen LogP contribution in [0.25, 0.3) is 0 Å². The minimum absolute atomic E-state index is 0.537. The summed E-state index contributed by atoms with van der Waals surface area (Å²) in [5, 5.41) is 6.10. The summed E-state index contributed by atoms with van der Waals surface area (Å²) in [7, 11) is 0. The van der Waals surface area contributed by atoms with E-state index in [0.717, 1.165) is 6.07 Å². The van der Waals surface area contributed by atoms with Gasteiger partial charge in [-0.05, 0) is 18.2 Å². The molecule has 0 saturated carbocycles. The van der Waals surface area contributed by atoms with Gasteiger partial charge in [0.05, 0.1) is 6.20 Å². The highest BCUT2D eigenvalue weighted by Crippen LogP contribution is 1.99. The Hall–Kier alpha value is -1.91. The summed E-state index contributed by atoms with van der Waals surface area (Å²) < 4.78 is 23.9. The smallest absolute Gasteiger partial charge is 0.126 e. The zero-order valence-electron chi connectivity index (χ0n) is 7.24. The number of hydrogen-bond donors (Lipinski definition) is 2. The quantitative estimate of drug-likeness (QED) is 0.678. The standard InChI is InChI=1S/C6H4F2.C3H5N3/c7-5-2-1-3-6(8)4-5;4-3-1-2-5-6-3/h1-4H;1-2H,(H3,4,5,6). The first kappa shape index (κ1) is 10.2. The molecule has 2 rings (SSSR count). The Morgan fingerprint density at radius 1 is 1.14 bits per heavy atom. The van der Waals surface area contributed by atoms with E-state index >= 15 is 0 Å². The first-order valence-electron chi connectivity index (χ1n) is 3.84. The highest BCUT2D eigenvalue weighted by Gasteiger charge is 1.88. The molecule has 1 aromatic heterocycles. The molecule has 0 bridgehead atoms. The number of aromatic nitrogens is 2. The van der Waals surface area contributed by atoms with Crippen molar-refractivity contribution in [3.8, 4) is 0 Å². The van der Waals surface area contributed by atoms with Gasteiger partial charge in [0, 0.05) is 6.07 Å². The topological polar surface area (TPSA) is 54.7 Å². The van der Waals surface area contributed by atoms with Crippen LogP contribution in [0.5, 0.6) is 0 Å². The number of rotatable bonds is 0. The van der Waals surface area contributed by atoms with Gasteiger partial charge in [0.2, 0.25) is 0 Å². The molecule has 14 heavy (non-hydrogen) atoms. The molecule has 0 radical (unpaired) electrons. The summed E-state index contributed by atoms with van der Waals surface area (Å²) in [6, 6.07) is 6.25. The zero-order valence-corrected chi connectivity index (χ0v) is 7.24. The van der Waals surface area contributed by atoms with Crippen molar-refractivity contribution >= 4 is 5.82 Å². The van der Waals surface area contributed by atoms with E-state index in [1.807, 2.05) is 0 Å². The Bertz CT molecular complexity index is 356. The van der Waals surface area contributed by atoms with Crippen molar-refractivity contribution in [1.29, 1.82) is 0 Å². The van der Waals surface area contributed by atoms with Crippen molar-refractivity contribution in [3.05, 3.63) is 48.2 Å². The zero-order chi connectivity index (χ0) is 10.4. The van der Waals surface area contributed by atoms with Crippen LogP contribution in [0, 0.1) is 11.6 Å². The Labute approximate surface area is 79.6 Å². The molecular formula is C9H9F2N3. The molecule has 0 atom stereocenters. The summed E-state index contributed by atoms with van der Waals surface area (Å²) in [4.78, 5) is 0. The van der Waals surface area contributed by atoms with Gasteiger partial charge < -0.3 is 5.73 Å². The molecule has 0 fully saturated rings. The number of anilines is 1. The molecule has 1 aromatic carbocycles. The summed E-state index contributed by atoms with van der Waals surface area (Å²) >= 11 is 0. The number of hydrogen-bond acceptors (Lipinski definition) is 2. The normalized spacial score (nSPS) is 9.00. The SMILES string of the molecule is Fc1cccc(F)c1.Nc1ccn[nH]1. The van der Waals surface area contributed by atoms with Crippen LogP contribution in [0.15, 0.2) is 36.5 Å². The average molecular weight is 197 g/mol. The Morgan fingerprint density at radius 2 is 1.79 bits per heavy atom. The number of nitrogens with zero attached hydrogens (tertiary/aromatic N) is 1. The van der Waals surface area contributed by atoms with Gasteiger partial charge in [-0.25, -0.2) is 8.78 Å². The molecular weight excluding hydrogens is 188 g/mol. The number of nitrogens with two attached hydrogens (primary N) is 1. The first-order chi connectivity index (χ1) is 6.68. The lowest BCUT2D eigenvalue weighted by Crippen LogP contribution is -1.81. The molecule has 0 unspecified atom stereocenters. The molecule has 3 nitrogen and oxygen atoms in total. The van der Waals surface area contributed by atoms with Crippen LogP contribution in [-0.2, 0) is 0 Å². The molecule has 0 aliphatic rings. The summed E-state index contributed by atoms with van der Waals surface area (Å²) in [6.07, 6.45) is 1.61. The van der Waals surface area contributed by atoms with Gasteiger partial charge >= 0.3 is 0 Å². The Morgan fingerprint density at radius 3 is 2.00 bits per heavy atom. The van der Waals surface area contributed by atoms with E-state index in [1.165, 1.54) is 18.2 Å². The molecule has 1 heterocycles. The number of aromatic amines is 1. The Kier molecular flexibility index (Phi) is 3.60. The predicted molar refractivity (Wildman–Crippen MR) is 49.4 cm³/mol. The highest BCUT2D eigenvalue weighted by molar-refractivity contribution is 5.22. The maximum Gasteiger partial charge on any atom is 0.126 e. The molecule has 0 spiro atoms. The predicted octanol–water partition coefficient (Wildman–Crippen LogP) is 1.96. The monoisotopic (exact) mass is 197 g/mol. The summed E-state index contributed by atoms with van der Waals surface area (Å²) in [5.74, 6) is -0.468. The van der Waals surface area contributed by atoms with Crippen LogP contribution < -0.4 is 5.73 Å². The van der Waals surface area contributed by atoms with E-state index < -0.39 is 11.6 Å². The lowest BCUT2D eigenvalue weighted by atomic mass is 10.3. The number of nitrogens with one attached hydrogen (secondary N) is 1. The second-order valence-corrected chi connectivity index (χ2v) is 2.45. The fourth-order valence-electron chi connectivity index (χ4n) is 0.727. The van der Waals surface area contributed by atoms with Crippen LogP contribution in [0.1, 0.15) is 0 Å². The average Bonchev–Trinajstić information content (AvgIpc) is 2.56. The molecule has 2 aromatic rings. The van der Waals surface area contributed by atoms with Crippen LogP contribution in [0.4, 0.5) is 14.6 Å². The van der Waals surface area contributed by atoms with Gasteiger partial charge in [-0.15, -0.1) is 0 Å². The number of halogens is 2. The fourth-order valence-corrected chi connectivity index (χ4v) is 0.727. The molecule has 0 saturated heterocycles. The first-order valence-corrected chi connectivity index (χ1v) is 3.84. The molecule has 5 heteroatoms. The van der Waals surface area contributed by atoms with Gasteiger partial charge in [-0.3, -0.25) is 5.10 Å². The third-order valence-corrected chi connectivity index (χ3v) is 1.31. The van der Waals surface area contributed by atoms with Gasteiger partial charge in [0.15, 0.2) is 0 Å². The van der Waals surface area contributed by atoms with Crippen LogP contribution in [-0.4, -0.2) is 10.2 Å². The van der Waals surface area contributed by atoms with Crippen molar-refractivity contribution in [2.45, 2.75) is 0 Å². The summed E-state index contributed by atoms with van der Waals surface area (Å²) in [5.41, 5.74) is 5.16. The van der Waals surface area contributed by atoms with Crippen molar-refractivity contribution in [2.24, 2.45) is 0 Å². The molecule has 0 aliphatic carbocycles. The Balaban J connectivity index is 0.000000146. The minimum atomic E-state index is -0.537. The minimum Gasteiger partial charge on any atom is -0.384 e. The van der Waals surface area contributed by atoms with E-state index in [0.29, 0.717) is 5.82 Å². The van der Waals surface area contributed by atoms with E-state index in [-0.39, 0.29) is 0 Å². The molecule has 0 aliphatic heterocycles. The molecule has 3 N–H and O–H groups in total. The van der Waals surface area contributed by atoms with Gasteiger partial charge in [-0.2, -0.15) is 5.10 Å². The lowest BCUT2D eigenvalue weighted by Gasteiger charge is -1.84. The summed E-state index contributed by atoms with van der Waals surface area (Å²) in [6.45, 7) is 0. The van der Waals surface area contributed by atoms with E-state index in [2.05, 4.69) is 10.2 Å². The second kappa shape index (κ2) is 4.96. The van der Waals surface area contributed by atoms with E-state index in [4.69, 9.17) is 5.73 Å². The number of nitrogen functional groups attached to an aromatic ring is 1. The van der Waals surface area contributed by atoms with Gasteiger partial charge in [0.25, 0.3) is 0 Å². The second-order valence-electron chi connectivity index (χ2n) is 2.45. The van der Waals surface area contributed by atoms with Crippen LogP contribution in [0.2, 0.25) is 0 Å².